The van der Waals surface area contributed by atoms with Crippen molar-refractivity contribution in [3.05, 3.63) is 35.9 Å². The summed E-state index contributed by atoms with van der Waals surface area (Å²) in [5, 5.41) is 0. The molecule has 3 nitrogen and oxygen atoms in total. The molecule has 3 heteroatoms. The monoisotopic (exact) mass is 272 g/mol. The SMILES string of the molecule is CN1CC[C@]12CCCN(C(=O)CCc1ccccc1)C2. The van der Waals surface area contributed by atoms with Crippen LogP contribution in [0.25, 0.3) is 0 Å². The number of rotatable bonds is 3. The van der Waals surface area contributed by atoms with E-state index in [9.17, 15) is 4.79 Å². The van der Waals surface area contributed by atoms with Gasteiger partial charge in [0.05, 0.1) is 0 Å². The molecule has 1 atom stereocenters. The molecule has 2 saturated heterocycles. The average Bonchev–Trinajstić information content (AvgIpc) is 2.52. The molecule has 20 heavy (non-hydrogen) atoms. The van der Waals surface area contributed by atoms with Crippen molar-refractivity contribution < 1.29 is 4.79 Å². The van der Waals surface area contributed by atoms with E-state index in [1.54, 1.807) is 0 Å². The third-order valence-electron chi connectivity index (χ3n) is 5.10. The van der Waals surface area contributed by atoms with Gasteiger partial charge in [0, 0.05) is 31.6 Å². The number of likely N-dealkylation sites (N-methyl/N-ethyl adjacent to an activating group) is 1. The highest BCUT2D eigenvalue weighted by Gasteiger charge is 2.45. The van der Waals surface area contributed by atoms with Gasteiger partial charge in [-0.05, 0) is 38.3 Å². The molecule has 2 aliphatic heterocycles. The highest BCUT2D eigenvalue weighted by atomic mass is 16.2. The molecule has 1 aromatic carbocycles. The fourth-order valence-electron chi connectivity index (χ4n) is 3.55. The van der Waals surface area contributed by atoms with Crippen molar-refractivity contribution in [2.75, 3.05) is 26.7 Å². The molecule has 0 aromatic heterocycles. The number of amides is 1. The third-order valence-corrected chi connectivity index (χ3v) is 5.10. The lowest BCUT2D eigenvalue weighted by Crippen LogP contribution is -2.66. The number of hydrogen-bond donors (Lipinski definition) is 0. The first-order chi connectivity index (χ1) is 9.70. The number of carbonyl (C=O) groups is 1. The van der Waals surface area contributed by atoms with E-state index in [2.05, 4.69) is 29.0 Å². The second-order valence-corrected chi connectivity index (χ2v) is 6.30. The number of piperidine rings is 1. The molecule has 1 spiro atoms. The third kappa shape index (κ3) is 2.59. The molecule has 108 valence electrons. The minimum absolute atomic E-state index is 0.306. The molecule has 1 amide bonds. The van der Waals surface area contributed by atoms with Crippen LogP contribution < -0.4 is 0 Å². The van der Waals surface area contributed by atoms with Gasteiger partial charge < -0.3 is 4.90 Å². The van der Waals surface area contributed by atoms with Gasteiger partial charge in [0.15, 0.2) is 0 Å². The summed E-state index contributed by atoms with van der Waals surface area (Å²) in [6.07, 6.45) is 5.17. The fourth-order valence-corrected chi connectivity index (χ4v) is 3.55. The summed E-state index contributed by atoms with van der Waals surface area (Å²) >= 11 is 0. The first kappa shape index (κ1) is 13.6. The zero-order valence-corrected chi connectivity index (χ0v) is 12.3. The lowest BCUT2D eigenvalue weighted by molar-refractivity contribution is -0.138. The van der Waals surface area contributed by atoms with Crippen LogP contribution in [0.2, 0.25) is 0 Å². The van der Waals surface area contributed by atoms with Crippen molar-refractivity contribution in [3.63, 3.8) is 0 Å². The minimum Gasteiger partial charge on any atom is -0.341 e. The number of likely N-dealkylation sites (tertiary alicyclic amines) is 2. The van der Waals surface area contributed by atoms with Crippen LogP contribution in [0.3, 0.4) is 0 Å². The van der Waals surface area contributed by atoms with Crippen molar-refractivity contribution in [2.24, 2.45) is 0 Å². The van der Waals surface area contributed by atoms with Crippen molar-refractivity contribution in [1.29, 1.82) is 0 Å². The summed E-state index contributed by atoms with van der Waals surface area (Å²) in [7, 11) is 2.20. The van der Waals surface area contributed by atoms with E-state index >= 15 is 0 Å². The van der Waals surface area contributed by atoms with Crippen molar-refractivity contribution >= 4 is 5.91 Å². The zero-order chi connectivity index (χ0) is 14.0. The maximum Gasteiger partial charge on any atom is 0.222 e. The van der Waals surface area contributed by atoms with E-state index in [4.69, 9.17) is 0 Å². The largest absolute Gasteiger partial charge is 0.341 e. The smallest absolute Gasteiger partial charge is 0.222 e. The van der Waals surface area contributed by atoms with Crippen molar-refractivity contribution in [1.82, 2.24) is 9.80 Å². The van der Waals surface area contributed by atoms with Gasteiger partial charge in [-0.3, -0.25) is 9.69 Å². The Morgan fingerprint density at radius 3 is 2.65 bits per heavy atom. The predicted octanol–water partition coefficient (Wildman–Crippen LogP) is 2.32. The first-order valence-electron chi connectivity index (χ1n) is 7.73. The maximum absolute atomic E-state index is 12.4. The normalized spacial score (nSPS) is 26.6. The molecule has 2 fully saturated rings. The molecule has 1 aromatic rings. The first-order valence-corrected chi connectivity index (χ1v) is 7.73. The maximum atomic E-state index is 12.4. The molecule has 0 radical (unpaired) electrons. The Labute approximate surface area is 121 Å². The van der Waals surface area contributed by atoms with Gasteiger partial charge in [0.25, 0.3) is 0 Å². The Balaban J connectivity index is 1.55. The number of hydrogen-bond acceptors (Lipinski definition) is 2. The molecule has 0 N–H and O–H groups in total. The van der Waals surface area contributed by atoms with Crippen LogP contribution in [0.15, 0.2) is 30.3 Å². The molecule has 2 heterocycles. The molecular formula is C17H24N2O. The summed E-state index contributed by atoms with van der Waals surface area (Å²) in [5.41, 5.74) is 1.56. The van der Waals surface area contributed by atoms with E-state index in [0.29, 0.717) is 17.9 Å². The van der Waals surface area contributed by atoms with E-state index in [1.807, 2.05) is 18.2 Å². The van der Waals surface area contributed by atoms with E-state index in [0.717, 1.165) is 25.9 Å². The quantitative estimate of drug-likeness (QED) is 0.843. The van der Waals surface area contributed by atoms with Gasteiger partial charge in [-0.1, -0.05) is 30.3 Å². The van der Waals surface area contributed by atoms with Crippen LogP contribution in [0.1, 0.15) is 31.2 Å². The van der Waals surface area contributed by atoms with Gasteiger partial charge in [-0.25, -0.2) is 0 Å². The van der Waals surface area contributed by atoms with Crippen LogP contribution in [0.4, 0.5) is 0 Å². The van der Waals surface area contributed by atoms with Gasteiger partial charge in [-0.2, -0.15) is 0 Å². The van der Waals surface area contributed by atoms with Gasteiger partial charge in [0.1, 0.15) is 0 Å². The standard InChI is InChI=1S/C17H24N2O/c1-18-13-11-17(18)10-5-12-19(14-17)16(20)9-8-15-6-3-2-4-7-15/h2-4,6-7H,5,8-14H2,1H3/t17-/m0/s1. The fraction of sp³-hybridized carbons (Fsp3) is 0.588. The van der Waals surface area contributed by atoms with E-state index in [-0.39, 0.29) is 0 Å². The second-order valence-electron chi connectivity index (χ2n) is 6.30. The number of benzene rings is 1. The highest BCUT2D eigenvalue weighted by Crippen LogP contribution is 2.37. The van der Waals surface area contributed by atoms with Crippen LogP contribution in [-0.2, 0) is 11.2 Å². The van der Waals surface area contributed by atoms with Crippen LogP contribution in [0.5, 0.6) is 0 Å². The predicted molar refractivity (Wildman–Crippen MR) is 80.6 cm³/mol. The molecule has 0 saturated carbocycles. The van der Waals surface area contributed by atoms with Gasteiger partial charge in [-0.15, -0.1) is 0 Å². The Kier molecular flexibility index (Phi) is 3.79. The van der Waals surface area contributed by atoms with Crippen LogP contribution in [0, 0.1) is 0 Å². The van der Waals surface area contributed by atoms with Crippen molar-refractivity contribution in [2.45, 2.75) is 37.6 Å². The Hall–Kier alpha value is -1.35. The lowest BCUT2D eigenvalue weighted by Gasteiger charge is -2.55. The number of aryl methyl sites for hydroxylation is 1. The molecule has 0 aliphatic carbocycles. The summed E-state index contributed by atoms with van der Waals surface area (Å²) in [6, 6.07) is 10.3. The molecule has 0 bridgehead atoms. The summed E-state index contributed by atoms with van der Waals surface area (Å²) in [6.45, 7) is 3.08. The zero-order valence-electron chi connectivity index (χ0n) is 12.3. The minimum atomic E-state index is 0.306. The molecular weight excluding hydrogens is 248 g/mol. The lowest BCUT2D eigenvalue weighted by atomic mass is 9.78. The van der Waals surface area contributed by atoms with Crippen molar-refractivity contribution in [3.8, 4) is 0 Å². The Morgan fingerprint density at radius 1 is 1.20 bits per heavy atom. The summed E-state index contributed by atoms with van der Waals surface area (Å²) in [5.74, 6) is 0.327. The van der Waals surface area contributed by atoms with Crippen LogP contribution in [-0.4, -0.2) is 47.9 Å². The second kappa shape index (κ2) is 5.57. The molecule has 3 rings (SSSR count). The topological polar surface area (TPSA) is 23.6 Å². The Morgan fingerprint density at radius 2 is 2.00 bits per heavy atom. The number of nitrogens with zero attached hydrogens (tertiary/aromatic N) is 2. The Bertz CT molecular complexity index is 473. The van der Waals surface area contributed by atoms with E-state index in [1.165, 1.54) is 24.9 Å². The molecule has 0 unspecified atom stereocenters. The van der Waals surface area contributed by atoms with Crippen LogP contribution >= 0.6 is 0 Å². The summed E-state index contributed by atoms with van der Waals surface area (Å²) in [4.78, 5) is 16.9. The average molecular weight is 272 g/mol. The van der Waals surface area contributed by atoms with E-state index < -0.39 is 0 Å². The summed E-state index contributed by atoms with van der Waals surface area (Å²) < 4.78 is 0. The van der Waals surface area contributed by atoms with Gasteiger partial charge >= 0.3 is 0 Å². The number of carbonyl (C=O) groups excluding carboxylic acids is 1. The highest BCUT2D eigenvalue weighted by molar-refractivity contribution is 5.76. The molecule has 2 aliphatic rings. The van der Waals surface area contributed by atoms with Gasteiger partial charge in [0.2, 0.25) is 5.91 Å².